The first-order valence-corrected chi connectivity index (χ1v) is 12.3. The third-order valence-electron chi connectivity index (χ3n) is 6.82. The van der Waals surface area contributed by atoms with Gasteiger partial charge in [-0.15, -0.1) is 0 Å². The van der Waals surface area contributed by atoms with Gasteiger partial charge in [0.05, 0.1) is 22.0 Å². The van der Waals surface area contributed by atoms with Gasteiger partial charge in [-0.3, -0.25) is 23.9 Å². The summed E-state index contributed by atoms with van der Waals surface area (Å²) in [5, 5.41) is 6.24. The molecule has 0 atom stereocenters. The summed E-state index contributed by atoms with van der Waals surface area (Å²) < 4.78 is 1.65. The van der Waals surface area contributed by atoms with Crippen LogP contribution in [-0.4, -0.2) is 39.4 Å². The van der Waals surface area contributed by atoms with E-state index in [-0.39, 0.29) is 30.3 Å². The SMILES string of the molecule is O=C1c2ccccc2C(=O)N1CCc1nc2ccccc2c(=O)n1CCNc1cccc2ccccc12. The predicted molar refractivity (Wildman–Crippen MR) is 144 cm³/mol. The average molecular weight is 489 g/mol. The lowest BCUT2D eigenvalue weighted by molar-refractivity contribution is 0.0655. The van der Waals surface area contributed by atoms with Gasteiger partial charge in [-0.25, -0.2) is 4.98 Å². The number of amides is 2. The molecule has 4 aromatic carbocycles. The largest absolute Gasteiger partial charge is 0.383 e. The Morgan fingerprint density at radius 3 is 2.11 bits per heavy atom. The van der Waals surface area contributed by atoms with Gasteiger partial charge in [-0.05, 0) is 35.7 Å². The van der Waals surface area contributed by atoms with Crippen LogP contribution in [0.5, 0.6) is 0 Å². The van der Waals surface area contributed by atoms with E-state index in [4.69, 9.17) is 4.98 Å². The van der Waals surface area contributed by atoms with E-state index < -0.39 is 0 Å². The lowest BCUT2D eigenvalue weighted by Crippen LogP contribution is -2.34. The third-order valence-corrected chi connectivity index (χ3v) is 6.82. The number of anilines is 1. The standard InChI is InChI=1S/C30H24N4O3/c35-28-22-11-3-4-12-23(22)29(36)34(28)18-16-27-32-26-14-6-5-13-24(26)30(37)33(27)19-17-31-25-15-7-9-20-8-1-2-10-21(20)25/h1-15,31H,16-19H2. The summed E-state index contributed by atoms with van der Waals surface area (Å²) in [5.74, 6) is -0.0826. The molecule has 0 bridgehead atoms. The molecule has 0 aliphatic carbocycles. The van der Waals surface area contributed by atoms with Gasteiger partial charge in [0.25, 0.3) is 17.4 Å². The van der Waals surface area contributed by atoms with Crippen LogP contribution >= 0.6 is 0 Å². The molecule has 1 aliphatic heterocycles. The smallest absolute Gasteiger partial charge is 0.261 e. The lowest BCUT2D eigenvalue weighted by Gasteiger charge is -2.18. The van der Waals surface area contributed by atoms with E-state index >= 15 is 0 Å². The van der Waals surface area contributed by atoms with E-state index in [1.165, 1.54) is 4.90 Å². The molecule has 0 radical (unpaired) electrons. The number of aromatic nitrogens is 2. The molecular formula is C30H24N4O3. The molecule has 0 saturated carbocycles. The Morgan fingerprint density at radius 2 is 1.32 bits per heavy atom. The number of hydrogen-bond acceptors (Lipinski definition) is 5. The van der Waals surface area contributed by atoms with E-state index in [2.05, 4.69) is 23.5 Å². The van der Waals surface area contributed by atoms with Crippen molar-refractivity contribution in [3.8, 4) is 0 Å². The van der Waals surface area contributed by atoms with Crippen LogP contribution in [0.15, 0.2) is 95.8 Å². The maximum atomic E-state index is 13.5. The molecule has 1 N–H and O–H groups in total. The highest BCUT2D eigenvalue weighted by atomic mass is 16.2. The number of nitrogens with one attached hydrogen (secondary N) is 1. The van der Waals surface area contributed by atoms with Crippen molar-refractivity contribution in [1.29, 1.82) is 0 Å². The number of carbonyl (C=O) groups is 2. The summed E-state index contributed by atoms with van der Waals surface area (Å²) in [6.45, 7) is 1.04. The maximum Gasteiger partial charge on any atom is 0.261 e. The molecule has 6 rings (SSSR count). The zero-order valence-corrected chi connectivity index (χ0v) is 20.1. The van der Waals surface area contributed by atoms with Crippen LogP contribution in [-0.2, 0) is 13.0 Å². The Labute approximate surface area is 213 Å². The first-order chi connectivity index (χ1) is 18.1. The van der Waals surface area contributed by atoms with Crippen LogP contribution in [0.25, 0.3) is 21.7 Å². The van der Waals surface area contributed by atoms with Crippen LogP contribution in [0, 0.1) is 0 Å². The summed E-state index contributed by atoms with van der Waals surface area (Å²) in [7, 11) is 0. The Hall–Kier alpha value is -4.78. The van der Waals surface area contributed by atoms with Crippen LogP contribution < -0.4 is 10.9 Å². The minimum Gasteiger partial charge on any atom is -0.383 e. The van der Waals surface area contributed by atoms with Crippen LogP contribution in [0.2, 0.25) is 0 Å². The van der Waals surface area contributed by atoms with Crippen molar-refractivity contribution in [2.75, 3.05) is 18.4 Å². The fourth-order valence-corrected chi connectivity index (χ4v) is 4.97. The minimum absolute atomic E-state index is 0.136. The van der Waals surface area contributed by atoms with Crippen molar-refractivity contribution >= 4 is 39.2 Å². The van der Waals surface area contributed by atoms with E-state index in [1.54, 1.807) is 41.0 Å². The highest BCUT2D eigenvalue weighted by molar-refractivity contribution is 6.21. The fraction of sp³-hybridized carbons (Fsp3) is 0.133. The molecule has 182 valence electrons. The van der Waals surface area contributed by atoms with Crippen LogP contribution in [0.4, 0.5) is 5.69 Å². The quantitative estimate of drug-likeness (QED) is 0.341. The van der Waals surface area contributed by atoms with Gasteiger partial charge in [-0.2, -0.15) is 0 Å². The van der Waals surface area contributed by atoms with Gasteiger partial charge in [-0.1, -0.05) is 60.7 Å². The number of rotatable bonds is 7. The fourth-order valence-electron chi connectivity index (χ4n) is 4.97. The van der Waals surface area contributed by atoms with E-state index in [0.29, 0.717) is 40.9 Å². The van der Waals surface area contributed by atoms with Gasteiger partial charge < -0.3 is 5.32 Å². The number of fused-ring (bicyclic) bond motifs is 3. The zero-order valence-electron chi connectivity index (χ0n) is 20.1. The molecule has 0 fully saturated rings. The van der Waals surface area contributed by atoms with Gasteiger partial charge in [0.2, 0.25) is 0 Å². The Morgan fingerprint density at radius 1 is 0.676 bits per heavy atom. The maximum absolute atomic E-state index is 13.5. The van der Waals surface area contributed by atoms with Crippen molar-refractivity contribution in [1.82, 2.24) is 14.5 Å². The van der Waals surface area contributed by atoms with Gasteiger partial charge >= 0.3 is 0 Å². The first-order valence-electron chi connectivity index (χ1n) is 12.3. The minimum atomic E-state index is -0.312. The molecule has 0 saturated heterocycles. The molecule has 2 heterocycles. The molecule has 7 heteroatoms. The molecule has 1 aromatic heterocycles. The molecule has 1 aliphatic rings. The highest BCUT2D eigenvalue weighted by Crippen LogP contribution is 2.24. The summed E-state index contributed by atoms with van der Waals surface area (Å²) in [5.41, 5.74) is 2.28. The third kappa shape index (κ3) is 4.04. The zero-order chi connectivity index (χ0) is 25.4. The predicted octanol–water partition coefficient (Wildman–Crippen LogP) is 4.50. The van der Waals surface area contributed by atoms with E-state index in [9.17, 15) is 14.4 Å². The summed E-state index contributed by atoms with van der Waals surface area (Å²) >= 11 is 0. The number of nitrogens with zero attached hydrogens (tertiary/aromatic N) is 3. The Bertz CT molecular complexity index is 1700. The molecule has 0 unspecified atom stereocenters. The summed E-state index contributed by atoms with van der Waals surface area (Å²) in [6, 6.07) is 28.3. The number of benzene rings is 4. The highest BCUT2D eigenvalue weighted by Gasteiger charge is 2.34. The summed E-state index contributed by atoms with van der Waals surface area (Å²) in [6.07, 6.45) is 0.278. The van der Waals surface area contributed by atoms with Gasteiger partial charge in [0.1, 0.15) is 5.82 Å². The van der Waals surface area contributed by atoms with E-state index in [0.717, 1.165) is 16.5 Å². The number of hydrogen-bond donors (Lipinski definition) is 1. The van der Waals surface area contributed by atoms with Crippen molar-refractivity contribution in [3.63, 3.8) is 0 Å². The van der Waals surface area contributed by atoms with Crippen LogP contribution in [0.3, 0.4) is 0 Å². The first kappa shape index (κ1) is 22.7. The number of carbonyl (C=O) groups excluding carboxylic acids is 2. The molecule has 37 heavy (non-hydrogen) atoms. The van der Waals surface area contributed by atoms with Gasteiger partial charge in [0, 0.05) is 37.1 Å². The van der Waals surface area contributed by atoms with Gasteiger partial charge in [0.15, 0.2) is 0 Å². The second kappa shape index (κ2) is 9.35. The lowest BCUT2D eigenvalue weighted by atomic mass is 10.1. The van der Waals surface area contributed by atoms with Crippen molar-refractivity contribution < 1.29 is 9.59 Å². The average Bonchev–Trinajstić information content (AvgIpc) is 3.18. The summed E-state index contributed by atoms with van der Waals surface area (Å²) in [4.78, 5) is 45.1. The second-order valence-corrected chi connectivity index (χ2v) is 9.01. The van der Waals surface area contributed by atoms with Crippen molar-refractivity contribution in [2.45, 2.75) is 13.0 Å². The molecule has 7 nitrogen and oxygen atoms in total. The molecule has 0 spiro atoms. The van der Waals surface area contributed by atoms with Crippen molar-refractivity contribution in [3.05, 3.63) is 118 Å². The van der Waals surface area contributed by atoms with E-state index in [1.807, 2.05) is 36.4 Å². The van der Waals surface area contributed by atoms with Crippen LogP contribution in [0.1, 0.15) is 26.5 Å². The normalized spacial score (nSPS) is 12.9. The number of para-hydroxylation sites is 1. The second-order valence-electron chi connectivity index (χ2n) is 9.01. The Kier molecular flexibility index (Phi) is 5.73. The Balaban J connectivity index is 1.27. The molecule has 5 aromatic rings. The molecular weight excluding hydrogens is 464 g/mol. The monoisotopic (exact) mass is 488 g/mol. The topological polar surface area (TPSA) is 84.3 Å². The number of imide groups is 1. The van der Waals surface area contributed by atoms with Crippen molar-refractivity contribution in [2.24, 2.45) is 0 Å². The molecule has 2 amide bonds.